The number of rotatable bonds is 3. The number of aromatic nitrogens is 1. The third-order valence-corrected chi connectivity index (χ3v) is 3.20. The van der Waals surface area contributed by atoms with Crippen LogP contribution >= 0.6 is 0 Å². The Labute approximate surface area is 121 Å². The molecule has 21 heavy (non-hydrogen) atoms. The molecular weight excluding hydrogens is 266 g/mol. The van der Waals surface area contributed by atoms with Gasteiger partial charge in [-0.05, 0) is 23.8 Å². The lowest BCUT2D eigenvalue weighted by atomic mass is 10.1. The van der Waals surface area contributed by atoms with E-state index < -0.39 is 6.04 Å². The summed E-state index contributed by atoms with van der Waals surface area (Å²) in [5.41, 5.74) is 8.77. The molecule has 1 atom stereocenters. The molecule has 0 aliphatic carbocycles. The lowest BCUT2D eigenvalue weighted by molar-refractivity contribution is -0.117. The van der Waals surface area contributed by atoms with Gasteiger partial charge in [0.25, 0.3) is 0 Å². The Kier molecular flexibility index (Phi) is 3.41. The van der Waals surface area contributed by atoms with Crippen LogP contribution in [0.5, 0.6) is 0 Å². The first-order valence-electron chi connectivity index (χ1n) is 6.62. The molecule has 0 unspecified atom stereocenters. The fourth-order valence-corrected chi connectivity index (χ4v) is 2.15. The third kappa shape index (κ3) is 2.78. The summed E-state index contributed by atoms with van der Waals surface area (Å²) < 4.78 is 5.40. The minimum Gasteiger partial charge on any atom is -0.441 e. The van der Waals surface area contributed by atoms with Crippen LogP contribution in [-0.2, 0) is 4.79 Å². The lowest BCUT2D eigenvalue weighted by Gasteiger charge is -2.12. The fourth-order valence-electron chi connectivity index (χ4n) is 2.15. The minimum atomic E-state index is -0.707. The second-order valence-electron chi connectivity index (χ2n) is 4.79. The fraction of sp³-hybridized carbons (Fsp3) is 0.125. The summed E-state index contributed by atoms with van der Waals surface area (Å²) in [4.78, 5) is 16.4. The van der Waals surface area contributed by atoms with E-state index in [0.717, 1.165) is 5.56 Å². The number of oxazole rings is 1. The number of amides is 1. The van der Waals surface area contributed by atoms with Crippen LogP contribution in [0.3, 0.4) is 0 Å². The van der Waals surface area contributed by atoms with Crippen LogP contribution in [0.15, 0.2) is 52.9 Å². The molecule has 5 heteroatoms. The van der Waals surface area contributed by atoms with E-state index in [1.54, 1.807) is 25.1 Å². The van der Waals surface area contributed by atoms with E-state index in [9.17, 15) is 4.79 Å². The molecule has 0 radical (unpaired) electrons. The first kappa shape index (κ1) is 13.3. The summed E-state index contributed by atoms with van der Waals surface area (Å²) in [5, 5.41) is 2.80. The van der Waals surface area contributed by atoms with Gasteiger partial charge in [0.1, 0.15) is 11.6 Å². The van der Waals surface area contributed by atoms with Crippen molar-refractivity contribution in [3.05, 3.63) is 60.0 Å². The molecule has 0 bridgehead atoms. The van der Waals surface area contributed by atoms with Crippen molar-refractivity contribution in [2.75, 3.05) is 5.32 Å². The molecule has 0 spiro atoms. The maximum Gasteiger partial charge on any atom is 0.245 e. The van der Waals surface area contributed by atoms with Gasteiger partial charge in [0, 0.05) is 12.6 Å². The van der Waals surface area contributed by atoms with Gasteiger partial charge in [-0.1, -0.05) is 30.3 Å². The predicted molar refractivity (Wildman–Crippen MR) is 80.7 cm³/mol. The molecule has 2 aromatic carbocycles. The molecule has 0 aliphatic heterocycles. The Balaban J connectivity index is 1.79. The van der Waals surface area contributed by atoms with Crippen LogP contribution in [-0.4, -0.2) is 10.9 Å². The summed E-state index contributed by atoms with van der Waals surface area (Å²) in [6.07, 6.45) is 0. The SMILES string of the molecule is Cc1nc2cc(NC(=O)[C@H](N)c3ccccc3)ccc2o1. The highest BCUT2D eigenvalue weighted by molar-refractivity contribution is 5.96. The molecule has 0 fully saturated rings. The van der Waals surface area contributed by atoms with Crippen molar-refractivity contribution < 1.29 is 9.21 Å². The van der Waals surface area contributed by atoms with Gasteiger partial charge in [-0.15, -0.1) is 0 Å². The van der Waals surface area contributed by atoms with Crippen LogP contribution in [0.1, 0.15) is 17.5 Å². The zero-order valence-electron chi connectivity index (χ0n) is 11.5. The molecule has 1 heterocycles. The molecular formula is C16H15N3O2. The van der Waals surface area contributed by atoms with Gasteiger partial charge < -0.3 is 15.5 Å². The first-order chi connectivity index (χ1) is 10.1. The first-order valence-corrected chi connectivity index (χ1v) is 6.62. The van der Waals surface area contributed by atoms with E-state index in [4.69, 9.17) is 10.2 Å². The molecule has 1 aromatic heterocycles. The van der Waals surface area contributed by atoms with Crippen LogP contribution in [0, 0.1) is 6.92 Å². The highest BCUT2D eigenvalue weighted by Gasteiger charge is 2.16. The minimum absolute atomic E-state index is 0.263. The van der Waals surface area contributed by atoms with Crippen molar-refractivity contribution in [3.63, 3.8) is 0 Å². The molecule has 3 N–H and O–H groups in total. The number of benzene rings is 2. The van der Waals surface area contributed by atoms with Gasteiger partial charge in [-0.25, -0.2) is 4.98 Å². The largest absolute Gasteiger partial charge is 0.441 e. The van der Waals surface area contributed by atoms with Crippen LogP contribution in [0.4, 0.5) is 5.69 Å². The number of carbonyl (C=O) groups excluding carboxylic acids is 1. The molecule has 0 saturated carbocycles. The summed E-state index contributed by atoms with van der Waals surface area (Å²) >= 11 is 0. The van der Waals surface area contributed by atoms with Crippen molar-refractivity contribution in [1.82, 2.24) is 4.98 Å². The highest BCUT2D eigenvalue weighted by atomic mass is 16.3. The Morgan fingerprint density at radius 1 is 1.24 bits per heavy atom. The number of anilines is 1. The topological polar surface area (TPSA) is 81.2 Å². The van der Waals surface area contributed by atoms with Crippen molar-refractivity contribution >= 4 is 22.7 Å². The number of hydrogen-bond acceptors (Lipinski definition) is 4. The van der Waals surface area contributed by atoms with E-state index in [1.807, 2.05) is 30.3 Å². The number of nitrogens with two attached hydrogens (primary N) is 1. The van der Waals surface area contributed by atoms with E-state index >= 15 is 0 Å². The van der Waals surface area contributed by atoms with E-state index in [2.05, 4.69) is 10.3 Å². The number of nitrogens with one attached hydrogen (secondary N) is 1. The monoisotopic (exact) mass is 281 g/mol. The predicted octanol–water partition coefficient (Wildman–Crippen LogP) is 2.77. The molecule has 1 amide bonds. The maximum absolute atomic E-state index is 12.2. The van der Waals surface area contributed by atoms with Crippen molar-refractivity contribution in [2.24, 2.45) is 5.73 Å². The molecule has 3 aromatic rings. The van der Waals surface area contributed by atoms with Crippen molar-refractivity contribution in [3.8, 4) is 0 Å². The molecule has 5 nitrogen and oxygen atoms in total. The molecule has 3 rings (SSSR count). The van der Waals surface area contributed by atoms with Gasteiger partial charge in [0.15, 0.2) is 11.5 Å². The standard InChI is InChI=1S/C16H15N3O2/c1-10-18-13-9-12(7-8-14(13)21-10)19-16(20)15(17)11-5-3-2-4-6-11/h2-9,15H,17H2,1H3,(H,19,20)/t15-/m1/s1. The summed E-state index contributed by atoms with van der Waals surface area (Å²) in [6.45, 7) is 1.78. The Hall–Kier alpha value is -2.66. The average molecular weight is 281 g/mol. The second kappa shape index (κ2) is 5.38. The smallest absolute Gasteiger partial charge is 0.245 e. The van der Waals surface area contributed by atoms with Crippen LogP contribution in [0.2, 0.25) is 0 Å². The second-order valence-corrected chi connectivity index (χ2v) is 4.79. The van der Waals surface area contributed by atoms with Crippen LogP contribution < -0.4 is 11.1 Å². The summed E-state index contributed by atoms with van der Waals surface area (Å²) in [6, 6.07) is 13.8. The average Bonchev–Trinajstić information content (AvgIpc) is 2.86. The molecule has 0 saturated heterocycles. The Bertz CT molecular complexity index is 781. The van der Waals surface area contributed by atoms with Crippen LogP contribution in [0.25, 0.3) is 11.1 Å². The molecule has 106 valence electrons. The van der Waals surface area contributed by atoms with E-state index in [1.165, 1.54) is 0 Å². The number of hydrogen-bond donors (Lipinski definition) is 2. The zero-order chi connectivity index (χ0) is 14.8. The van der Waals surface area contributed by atoms with Gasteiger partial charge in [-0.3, -0.25) is 4.79 Å². The zero-order valence-corrected chi connectivity index (χ0v) is 11.5. The number of aryl methyl sites for hydroxylation is 1. The Morgan fingerprint density at radius 3 is 2.76 bits per heavy atom. The van der Waals surface area contributed by atoms with E-state index in [0.29, 0.717) is 22.7 Å². The Morgan fingerprint density at radius 2 is 2.00 bits per heavy atom. The van der Waals surface area contributed by atoms with Crippen molar-refractivity contribution in [1.29, 1.82) is 0 Å². The highest BCUT2D eigenvalue weighted by Crippen LogP contribution is 2.20. The number of fused-ring (bicyclic) bond motifs is 1. The number of nitrogens with zero attached hydrogens (tertiary/aromatic N) is 1. The lowest BCUT2D eigenvalue weighted by Crippen LogP contribution is -2.27. The van der Waals surface area contributed by atoms with E-state index in [-0.39, 0.29) is 5.91 Å². The molecule has 0 aliphatic rings. The number of carbonyl (C=O) groups is 1. The summed E-state index contributed by atoms with van der Waals surface area (Å²) in [5.74, 6) is 0.329. The summed E-state index contributed by atoms with van der Waals surface area (Å²) in [7, 11) is 0. The maximum atomic E-state index is 12.2. The van der Waals surface area contributed by atoms with Gasteiger partial charge in [0.05, 0.1) is 0 Å². The van der Waals surface area contributed by atoms with Gasteiger partial charge >= 0.3 is 0 Å². The normalized spacial score (nSPS) is 12.3. The van der Waals surface area contributed by atoms with Crippen molar-refractivity contribution in [2.45, 2.75) is 13.0 Å². The quantitative estimate of drug-likeness (QED) is 0.773. The van der Waals surface area contributed by atoms with Gasteiger partial charge in [-0.2, -0.15) is 0 Å². The third-order valence-electron chi connectivity index (χ3n) is 3.20. The van der Waals surface area contributed by atoms with Gasteiger partial charge in [0.2, 0.25) is 5.91 Å².